The number of halogens is 3. The van der Waals surface area contributed by atoms with Gasteiger partial charge in [-0.2, -0.15) is 13.2 Å². The lowest BCUT2D eigenvalue weighted by Gasteiger charge is -2.11. The van der Waals surface area contributed by atoms with Crippen molar-refractivity contribution < 1.29 is 31.5 Å². The van der Waals surface area contributed by atoms with Gasteiger partial charge in [0.1, 0.15) is 17.0 Å². The molecule has 11 heteroatoms. The quantitative estimate of drug-likeness (QED) is 0.904. The normalized spacial score (nSPS) is 12.8. The van der Waals surface area contributed by atoms with Crippen LogP contribution in [0, 0.1) is 0 Å². The Morgan fingerprint density at radius 1 is 1.33 bits per heavy atom. The van der Waals surface area contributed by atoms with Crippen molar-refractivity contribution >= 4 is 21.5 Å². The molecule has 7 nitrogen and oxygen atoms in total. The average Bonchev–Trinajstić information content (AvgIpc) is 2.68. The van der Waals surface area contributed by atoms with Gasteiger partial charge in [-0.1, -0.05) is 0 Å². The van der Waals surface area contributed by atoms with E-state index in [0.717, 1.165) is 12.3 Å². The Kier molecular flexibility index (Phi) is 3.40. The lowest BCUT2D eigenvalue weighted by Crippen LogP contribution is -2.16. The van der Waals surface area contributed by atoms with Gasteiger partial charge < -0.3 is 5.11 Å². The third-order valence-corrected chi connectivity index (χ3v) is 3.31. The van der Waals surface area contributed by atoms with E-state index in [0.29, 0.717) is 10.5 Å². The maximum atomic E-state index is 13.0. The van der Waals surface area contributed by atoms with Crippen LogP contribution in [0.4, 0.5) is 13.2 Å². The molecule has 0 aliphatic heterocycles. The molecule has 2 heterocycles. The van der Waals surface area contributed by atoms with Crippen LogP contribution in [-0.4, -0.2) is 40.3 Å². The Labute approximate surface area is 115 Å². The molecule has 0 bridgehead atoms. The minimum absolute atomic E-state index is 0.407. The summed E-state index contributed by atoms with van der Waals surface area (Å²) in [6.45, 7) is 0. The highest BCUT2D eigenvalue weighted by Gasteiger charge is 2.36. The molecule has 0 spiro atoms. The summed E-state index contributed by atoms with van der Waals surface area (Å²) in [5, 5.41) is 15.7. The molecular weight excluding hydrogens is 315 g/mol. The van der Waals surface area contributed by atoms with Gasteiger partial charge in [-0.15, -0.1) is 10.2 Å². The summed E-state index contributed by atoms with van der Waals surface area (Å²) in [6.07, 6.45) is -3.99. The first kappa shape index (κ1) is 15.2. The van der Waals surface area contributed by atoms with E-state index in [1.54, 1.807) is 0 Å². The van der Waals surface area contributed by atoms with Gasteiger partial charge in [0, 0.05) is 6.26 Å². The van der Waals surface area contributed by atoms with Crippen LogP contribution >= 0.6 is 0 Å². The molecule has 0 saturated heterocycles. The van der Waals surface area contributed by atoms with Crippen molar-refractivity contribution in [1.29, 1.82) is 0 Å². The summed E-state index contributed by atoms with van der Waals surface area (Å²) in [4.78, 5) is 11.0. The van der Waals surface area contributed by atoms with Crippen molar-refractivity contribution in [2.45, 2.75) is 11.9 Å². The molecule has 2 aromatic rings. The van der Waals surface area contributed by atoms with Gasteiger partial charge in [0.15, 0.2) is 21.3 Å². The predicted octanol–water partition coefficient (Wildman–Crippen LogP) is 0.991. The number of hydrogen-bond acceptors (Lipinski definition) is 5. The lowest BCUT2D eigenvalue weighted by molar-refractivity contribution is -0.142. The first-order chi connectivity index (χ1) is 9.50. The molecular formula is C10H8F3N3O4S. The van der Waals surface area contributed by atoms with Crippen molar-refractivity contribution in [3.05, 3.63) is 29.2 Å². The highest BCUT2D eigenvalue weighted by Crippen LogP contribution is 2.31. The van der Waals surface area contributed by atoms with E-state index in [2.05, 4.69) is 10.2 Å². The molecule has 1 N–H and O–H groups in total. The van der Waals surface area contributed by atoms with Crippen molar-refractivity contribution in [1.82, 2.24) is 14.6 Å². The highest BCUT2D eigenvalue weighted by molar-refractivity contribution is 7.89. The first-order valence-corrected chi connectivity index (χ1v) is 7.42. The van der Waals surface area contributed by atoms with Crippen LogP contribution in [0.15, 0.2) is 12.1 Å². The minimum atomic E-state index is -4.82. The molecule has 0 aliphatic rings. The second kappa shape index (κ2) is 4.69. The summed E-state index contributed by atoms with van der Waals surface area (Å²) in [5.41, 5.74) is -2.31. The molecule has 0 aliphatic carbocycles. The van der Waals surface area contributed by atoms with E-state index in [4.69, 9.17) is 5.11 Å². The lowest BCUT2D eigenvalue weighted by atomic mass is 10.2. The smallest absolute Gasteiger partial charge is 0.431 e. The van der Waals surface area contributed by atoms with Crippen LogP contribution in [0.2, 0.25) is 0 Å². The summed E-state index contributed by atoms with van der Waals surface area (Å²) in [6, 6.07) is 1.30. The van der Waals surface area contributed by atoms with Crippen molar-refractivity contribution in [3.63, 3.8) is 0 Å². The van der Waals surface area contributed by atoms with Crippen LogP contribution in [0.5, 0.6) is 0 Å². The number of sulfone groups is 1. The Bertz CT molecular complexity index is 826. The van der Waals surface area contributed by atoms with Gasteiger partial charge in [0.2, 0.25) is 0 Å². The van der Waals surface area contributed by atoms with Crippen LogP contribution in [0.1, 0.15) is 21.9 Å². The fourth-order valence-electron chi connectivity index (χ4n) is 1.77. The second-order valence-electron chi connectivity index (χ2n) is 4.28. The SMILES string of the molecule is CS(=O)(=O)Cc1nnc2c(C(=O)O)ccc(C(F)(F)F)n12. The molecule has 2 aromatic heterocycles. The highest BCUT2D eigenvalue weighted by atomic mass is 32.2. The van der Waals surface area contributed by atoms with E-state index < -0.39 is 50.5 Å². The van der Waals surface area contributed by atoms with Crippen molar-refractivity contribution in [3.8, 4) is 0 Å². The predicted molar refractivity (Wildman–Crippen MR) is 63.5 cm³/mol. The van der Waals surface area contributed by atoms with Gasteiger partial charge in [-0.25, -0.2) is 13.2 Å². The van der Waals surface area contributed by atoms with E-state index in [1.165, 1.54) is 0 Å². The van der Waals surface area contributed by atoms with E-state index >= 15 is 0 Å². The largest absolute Gasteiger partial charge is 0.478 e. The molecule has 0 aromatic carbocycles. The van der Waals surface area contributed by atoms with Crippen LogP contribution in [0.25, 0.3) is 5.65 Å². The van der Waals surface area contributed by atoms with E-state index in [9.17, 15) is 26.4 Å². The zero-order chi connectivity index (χ0) is 16.0. The average molecular weight is 323 g/mol. The first-order valence-electron chi connectivity index (χ1n) is 5.36. The van der Waals surface area contributed by atoms with E-state index in [-0.39, 0.29) is 0 Å². The number of nitrogens with zero attached hydrogens (tertiary/aromatic N) is 3. The molecule has 0 atom stereocenters. The Morgan fingerprint density at radius 2 is 1.95 bits per heavy atom. The second-order valence-corrected chi connectivity index (χ2v) is 6.42. The Morgan fingerprint density at radius 3 is 2.43 bits per heavy atom. The fourth-order valence-corrected chi connectivity index (χ4v) is 2.43. The fraction of sp³-hybridized carbons (Fsp3) is 0.300. The van der Waals surface area contributed by atoms with Crippen molar-refractivity contribution in [2.24, 2.45) is 0 Å². The number of aromatic carboxylic acids is 1. The zero-order valence-electron chi connectivity index (χ0n) is 10.4. The monoisotopic (exact) mass is 323 g/mol. The van der Waals surface area contributed by atoms with E-state index in [1.807, 2.05) is 0 Å². The van der Waals surface area contributed by atoms with Gasteiger partial charge in [0.05, 0.1) is 0 Å². The molecule has 0 radical (unpaired) electrons. The Hall–Kier alpha value is -2.17. The van der Waals surface area contributed by atoms with Gasteiger partial charge in [-0.3, -0.25) is 4.40 Å². The third kappa shape index (κ3) is 2.96. The minimum Gasteiger partial charge on any atom is -0.478 e. The van der Waals surface area contributed by atoms with Gasteiger partial charge in [-0.05, 0) is 12.1 Å². The number of fused-ring (bicyclic) bond motifs is 1. The molecule has 0 amide bonds. The van der Waals surface area contributed by atoms with Gasteiger partial charge >= 0.3 is 12.1 Å². The molecule has 21 heavy (non-hydrogen) atoms. The van der Waals surface area contributed by atoms with Crippen LogP contribution in [-0.2, 0) is 21.8 Å². The number of rotatable bonds is 3. The number of alkyl halides is 3. The third-order valence-electron chi connectivity index (χ3n) is 2.53. The number of aromatic nitrogens is 3. The van der Waals surface area contributed by atoms with Crippen LogP contribution < -0.4 is 0 Å². The Balaban J connectivity index is 2.84. The maximum absolute atomic E-state index is 13.0. The molecule has 114 valence electrons. The number of carboxylic acid groups (broad SMARTS) is 1. The summed E-state index contributed by atoms with van der Waals surface area (Å²) >= 11 is 0. The zero-order valence-corrected chi connectivity index (χ0v) is 11.2. The van der Waals surface area contributed by atoms with Gasteiger partial charge in [0.25, 0.3) is 0 Å². The molecule has 0 fully saturated rings. The number of pyridine rings is 1. The summed E-state index contributed by atoms with van der Waals surface area (Å²) < 4.78 is 61.8. The number of carbonyl (C=O) groups is 1. The number of hydrogen-bond donors (Lipinski definition) is 1. The topological polar surface area (TPSA) is 102 Å². The van der Waals surface area contributed by atoms with Crippen molar-refractivity contribution in [2.75, 3.05) is 6.26 Å². The molecule has 0 unspecified atom stereocenters. The summed E-state index contributed by atoms with van der Waals surface area (Å²) in [5.74, 6) is -2.78. The van der Waals surface area contributed by atoms with Crippen LogP contribution in [0.3, 0.4) is 0 Å². The molecule has 0 saturated carbocycles. The number of carboxylic acids is 1. The molecule has 2 rings (SSSR count). The summed E-state index contributed by atoms with van der Waals surface area (Å²) in [7, 11) is -3.67. The maximum Gasteiger partial charge on any atom is 0.431 e. The standard InChI is InChI=1S/C10H8F3N3O4S/c1-21(19,20)4-7-14-15-8-5(9(17)18)2-3-6(16(7)8)10(11,12)13/h2-3H,4H2,1H3,(H,17,18).